The van der Waals surface area contributed by atoms with Crippen LogP contribution in [0.5, 0.6) is 0 Å². The van der Waals surface area contributed by atoms with Gasteiger partial charge in [-0.3, -0.25) is 4.79 Å². The van der Waals surface area contributed by atoms with Gasteiger partial charge in [-0.15, -0.1) is 0 Å². The number of carbonyl (C=O) groups is 2. The van der Waals surface area contributed by atoms with E-state index in [0.717, 1.165) is 5.56 Å². The number of alkyl carbamates (subject to hydrolysis) is 1. The Balaban J connectivity index is 1.92. The number of carbonyl (C=O) groups excluding carboxylic acids is 2. The van der Waals surface area contributed by atoms with E-state index in [4.69, 9.17) is 10.5 Å². The summed E-state index contributed by atoms with van der Waals surface area (Å²) in [6.45, 7) is 0.164. The maximum Gasteiger partial charge on any atom is 0.408 e. The lowest BCUT2D eigenvalue weighted by molar-refractivity contribution is -0.124. The minimum Gasteiger partial charge on any atom is -0.445 e. The maximum atomic E-state index is 11.8. The van der Waals surface area contributed by atoms with E-state index in [0.29, 0.717) is 19.3 Å². The van der Waals surface area contributed by atoms with Crippen LogP contribution in [0.25, 0.3) is 0 Å². The van der Waals surface area contributed by atoms with E-state index < -0.39 is 17.5 Å². The quantitative estimate of drug-likeness (QED) is 0.822. The minimum atomic E-state index is -1.03. The fourth-order valence-corrected chi connectivity index (χ4v) is 2.19. The molecule has 0 aromatic heterocycles. The Morgan fingerprint density at radius 2 is 2.00 bits per heavy atom. The Kier molecular flexibility index (Phi) is 4.40. The molecule has 20 heavy (non-hydrogen) atoms. The van der Waals surface area contributed by atoms with Gasteiger partial charge in [0.15, 0.2) is 0 Å². The van der Waals surface area contributed by atoms with E-state index >= 15 is 0 Å². The number of rotatable bonds is 4. The molecular weight excluding hydrogens is 256 g/mol. The molecular formula is C15H18N2O3. The van der Waals surface area contributed by atoms with E-state index in [-0.39, 0.29) is 6.61 Å². The van der Waals surface area contributed by atoms with Gasteiger partial charge in [-0.1, -0.05) is 42.5 Å². The Morgan fingerprint density at radius 3 is 2.60 bits per heavy atom. The van der Waals surface area contributed by atoms with Gasteiger partial charge in [0.2, 0.25) is 5.91 Å². The SMILES string of the molecule is NC(=O)C1(NC(=O)OCc2ccccc2)CC=CCC1. The molecule has 1 aromatic carbocycles. The summed E-state index contributed by atoms with van der Waals surface area (Å²) in [4.78, 5) is 23.4. The number of primary amides is 1. The molecule has 0 heterocycles. The van der Waals surface area contributed by atoms with Crippen LogP contribution in [0.2, 0.25) is 0 Å². The third-order valence-electron chi connectivity index (χ3n) is 3.40. The van der Waals surface area contributed by atoms with E-state index in [1.807, 2.05) is 42.5 Å². The topological polar surface area (TPSA) is 81.4 Å². The second-order valence-corrected chi connectivity index (χ2v) is 4.85. The molecule has 0 bridgehead atoms. The van der Waals surface area contributed by atoms with E-state index in [2.05, 4.69) is 5.32 Å². The number of allylic oxidation sites excluding steroid dienone is 1. The summed E-state index contributed by atoms with van der Waals surface area (Å²) < 4.78 is 5.12. The third kappa shape index (κ3) is 3.38. The lowest BCUT2D eigenvalue weighted by Gasteiger charge is -2.32. The van der Waals surface area contributed by atoms with Crippen molar-refractivity contribution < 1.29 is 14.3 Å². The lowest BCUT2D eigenvalue weighted by atomic mass is 9.85. The molecule has 3 N–H and O–H groups in total. The van der Waals surface area contributed by atoms with Gasteiger partial charge in [0.05, 0.1) is 0 Å². The Hall–Kier alpha value is -2.30. The monoisotopic (exact) mass is 274 g/mol. The first-order chi connectivity index (χ1) is 9.62. The first kappa shape index (κ1) is 14.1. The predicted molar refractivity (Wildman–Crippen MR) is 74.7 cm³/mol. The zero-order valence-corrected chi connectivity index (χ0v) is 11.2. The Morgan fingerprint density at radius 1 is 1.25 bits per heavy atom. The summed E-state index contributed by atoms with van der Waals surface area (Å²) in [5.74, 6) is -0.529. The molecule has 1 aliphatic rings. The first-order valence-corrected chi connectivity index (χ1v) is 6.56. The summed E-state index contributed by atoms with van der Waals surface area (Å²) in [5.41, 5.74) is 5.28. The van der Waals surface area contributed by atoms with Crippen molar-refractivity contribution in [1.29, 1.82) is 0 Å². The molecule has 5 nitrogen and oxygen atoms in total. The van der Waals surface area contributed by atoms with Crippen molar-refractivity contribution in [2.24, 2.45) is 5.73 Å². The van der Waals surface area contributed by atoms with Gasteiger partial charge in [0, 0.05) is 0 Å². The van der Waals surface area contributed by atoms with Crippen molar-refractivity contribution in [1.82, 2.24) is 5.32 Å². The third-order valence-corrected chi connectivity index (χ3v) is 3.40. The van der Waals surface area contributed by atoms with Gasteiger partial charge in [-0.25, -0.2) is 4.79 Å². The van der Waals surface area contributed by atoms with Crippen molar-refractivity contribution in [3.8, 4) is 0 Å². The molecule has 1 aliphatic carbocycles. The van der Waals surface area contributed by atoms with Crippen LogP contribution in [0.1, 0.15) is 24.8 Å². The minimum absolute atomic E-state index is 0.164. The highest BCUT2D eigenvalue weighted by molar-refractivity contribution is 5.89. The summed E-state index contributed by atoms with van der Waals surface area (Å²) in [7, 11) is 0. The summed E-state index contributed by atoms with van der Waals surface area (Å²) in [6, 6.07) is 9.35. The molecule has 1 atom stereocenters. The number of nitrogens with two attached hydrogens (primary N) is 1. The predicted octanol–water partition coefficient (Wildman–Crippen LogP) is 1.88. The average molecular weight is 274 g/mol. The summed E-state index contributed by atoms with van der Waals surface area (Å²) >= 11 is 0. The molecule has 2 amide bonds. The van der Waals surface area contributed by atoms with E-state index in [1.165, 1.54) is 0 Å². The van der Waals surface area contributed by atoms with Crippen molar-refractivity contribution in [2.75, 3.05) is 0 Å². The molecule has 2 rings (SSSR count). The van der Waals surface area contributed by atoms with Gasteiger partial charge in [0.25, 0.3) is 0 Å². The van der Waals surface area contributed by atoms with Gasteiger partial charge in [0.1, 0.15) is 12.1 Å². The maximum absolute atomic E-state index is 11.8. The normalized spacial score (nSPS) is 21.2. The van der Waals surface area contributed by atoms with Crippen LogP contribution in [-0.2, 0) is 16.1 Å². The molecule has 0 aliphatic heterocycles. The van der Waals surface area contributed by atoms with Crippen molar-refractivity contribution in [2.45, 2.75) is 31.4 Å². The van der Waals surface area contributed by atoms with Crippen LogP contribution in [0.4, 0.5) is 4.79 Å². The molecule has 0 spiro atoms. The highest BCUT2D eigenvalue weighted by Crippen LogP contribution is 2.23. The molecule has 1 aromatic rings. The van der Waals surface area contributed by atoms with Crippen LogP contribution >= 0.6 is 0 Å². The molecule has 1 unspecified atom stereocenters. The fraction of sp³-hybridized carbons (Fsp3) is 0.333. The number of hydrogen-bond donors (Lipinski definition) is 2. The number of benzene rings is 1. The molecule has 0 fully saturated rings. The van der Waals surface area contributed by atoms with Crippen LogP contribution in [0.3, 0.4) is 0 Å². The first-order valence-electron chi connectivity index (χ1n) is 6.56. The Bertz CT molecular complexity index is 513. The van der Waals surface area contributed by atoms with Crippen LogP contribution in [-0.4, -0.2) is 17.5 Å². The number of amides is 2. The smallest absolute Gasteiger partial charge is 0.408 e. The zero-order valence-electron chi connectivity index (χ0n) is 11.2. The zero-order chi connectivity index (χ0) is 14.4. The number of ether oxygens (including phenoxy) is 1. The van der Waals surface area contributed by atoms with Crippen molar-refractivity contribution >= 4 is 12.0 Å². The lowest BCUT2D eigenvalue weighted by Crippen LogP contribution is -2.57. The van der Waals surface area contributed by atoms with Crippen molar-refractivity contribution in [3.05, 3.63) is 48.0 Å². The molecule has 106 valence electrons. The highest BCUT2D eigenvalue weighted by Gasteiger charge is 2.38. The average Bonchev–Trinajstić information content (AvgIpc) is 2.47. The molecule has 0 saturated heterocycles. The van der Waals surface area contributed by atoms with Crippen LogP contribution in [0.15, 0.2) is 42.5 Å². The number of hydrogen-bond acceptors (Lipinski definition) is 3. The highest BCUT2D eigenvalue weighted by atomic mass is 16.5. The largest absolute Gasteiger partial charge is 0.445 e. The fourth-order valence-electron chi connectivity index (χ4n) is 2.19. The molecule has 5 heteroatoms. The standard InChI is InChI=1S/C15H18N2O3/c16-13(18)15(9-5-2-6-10-15)17-14(19)20-11-12-7-3-1-4-8-12/h1-5,7-8H,6,9-11H2,(H2,16,18)(H,17,19). The van der Waals surface area contributed by atoms with Crippen molar-refractivity contribution in [3.63, 3.8) is 0 Å². The van der Waals surface area contributed by atoms with Gasteiger partial charge >= 0.3 is 6.09 Å². The van der Waals surface area contributed by atoms with Gasteiger partial charge in [-0.05, 0) is 24.8 Å². The van der Waals surface area contributed by atoms with Gasteiger partial charge in [-0.2, -0.15) is 0 Å². The van der Waals surface area contributed by atoms with Crippen LogP contribution < -0.4 is 11.1 Å². The van der Waals surface area contributed by atoms with E-state index in [1.54, 1.807) is 0 Å². The van der Waals surface area contributed by atoms with Crippen LogP contribution in [0, 0.1) is 0 Å². The summed E-state index contributed by atoms with van der Waals surface area (Å²) in [5, 5.41) is 2.62. The molecule has 0 saturated carbocycles. The Labute approximate surface area is 117 Å². The number of nitrogens with one attached hydrogen (secondary N) is 1. The second kappa shape index (κ2) is 6.23. The van der Waals surface area contributed by atoms with Gasteiger partial charge < -0.3 is 15.8 Å². The molecule has 0 radical (unpaired) electrons. The summed E-state index contributed by atoms with van der Waals surface area (Å²) in [6.07, 6.45) is 4.82. The second-order valence-electron chi connectivity index (χ2n) is 4.85. The van der Waals surface area contributed by atoms with E-state index in [9.17, 15) is 9.59 Å².